The molecule has 0 aliphatic carbocycles. The lowest BCUT2D eigenvalue weighted by Crippen LogP contribution is -2.44. The molecule has 1 aliphatic heterocycles. The van der Waals surface area contributed by atoms with E-state index >= 15 is 0 Å². The molecule has 0 N–H and O–H groups in total. The van der Waals surface area contributed by atoms with Crippen LogP contribution in [0, 0.1) is 5.92 Å². The molecule has 1 aliphatic rings. The third-order valence-electron chi connectivity index (χ3n) is 4.30. The van der Waals surface area contributed by atoms with Crippen LogP contribution in [-0.4, -0.2) is 49.4 Å². The van der Waals surface area contributed by atoms with Crippen LogP contribution in [0.2, 0.25) is 0 Å². The van der Waals surface area contributed by atoms with Crippen LogP contribution < -0.4 is 0 Å². The van der Waals surface area contributed by atoms with Crippen LogP contribution in [-0.2, 0) is 21.4 Å². The number of amides is 1. The van der Waals surface area contributed by atoms with Crippen molar-refractivity contribution in [2.24, 2.45) is 5.92 Å². The lowest BCUT2D eigenvalue weighted by atomic mass is 9.96. The lowest BCUT2D eigenvalue weighted by molar-refractivity contribution is -0.135. The molecule has 5 nitrogen and oxygen atoms in total. The summed E-state index contributed by atoms with van der Waals surface area (Å²) in [6.07, 6.45) is 1.85. The van der Waals surface area contributed by atoms with Crippen molar-refractivity contribution in [1.82, 2.24) is 9.21 Å². The lowest BCUT2D eigenvalue weighted by Gasteiger charge is -2.32. The van der Waals surface area contributed by atoms with Crippen LogP contribution in [0.5, 0.6) is 0 Å². The maximum absolute atomic E-state index is 12.5. The van der Waals surface area contributed by atoms with Gasteiger partial charge in [-0.05, 0) is 24.8 Å². The van der Waals surface area contributed by atoms with Gasteiger partial charge in [-0.3, -0.25) is 4.79 Å². The third kappa shape index (κ3) is 4.78. The molecule has 23 heavy (non-hydrogen) atoms. The molecule has 0 saturated carbocycles. The van der Waals surface area contributed by atoms with Crippen LogP contribution in [0.15, 0.2) is 30.3 Å². The van der Waals surface area contributed by atoms with Crippen LogP contribution >= 0.6 is 0 Å². The summed E-state index contributed by atoms with van der Waals surface area (Å²) >= 11 is 0. The molecule has 128 valence electrons. The molecule has 0 bridgehead atoms. The zero-order valence-electron chi connectivity index (χ0n) is 13.9. The number of rotatable bonds is 6. The summed E-state index contributed by atoms with van der Waals surface area (Å²) in [5.41, 5.74) is 1.10. The molecule has 2 rings (SSSR count). The summed E-state index contributed by atoms with van der Waals surface area (Å²) in [6, 6.07) is 9.89. The maximum atomic E-state index is 12.5. The average molecular weight is 338 g/mol. The summed E-state index contributed by atoms with van der Waals surface area (Å²) in [5.74, 6) is 0.234. The van der Waals surface area contributed by atoms with Crippen LogP contribution in [0.25, 0.3) is 0 Å². The fraction of sp³-hybridized carbons (Fsp3) is 0.588. The second kappa shape index (κ2) is 7.93. The SMILES string of the molecule is CCCS(=O)(=O)N1CCC(C(=O)N(C)Cc2ccccc2)CC1. The van der Waals surface area contributed by atoms with Gasteiger partial charge in [-0.1, -0.05) is 37.3 Å². The Morgan fingerprint density at radius 1 is 1.22 bits per heavy atom. The second-order valence-corrected chi connectivity index (χ2v) is 8.26. The summed E-state index contributed by atoms with van der Waals surface area (Å²) in [7, 11) is -1.33. The Bertz CT molecular complexity index is 608. The van der Waals surface area contributed by atoms with Gasteiger partial charge in [0.05, 0.1) is 5.75 Å². The highest BCUT2D eigenvalue weighted by Crippen LogP contribution is 2.22. The van der Waals surface area contributed by atoms with Crippen molar-refractivity contribution < 1.29 is 13.2 Å². The molecular weight excluding hydrogens is 312 g/mol. The minimum Gasteiger partial charge on any atom is -0.341 e. The molecule has 0 unspecified atom stereocenters. The van der Waals surface area contributed by atoms with E-state index in [1.165, 1.54) is 4.31 Å². The van der Waals surface area contributed by atoms with E-state index in [1.54, 1.807) is 4.90 Å². The zero-order valence-corrected chi connectivity index (χ0v) is 14.8. The number of benzene rings is 1. The van der Waals surface area contributed by atoms with Gasteiger partial charge in [-0.15, -0.1) is 0 Å². The van der Waals surface area contributed by atoms with Crippen molar-refractivity contribution in [2.45, 2.75) is 32.7 Å². The summed E-state index contributed by atoms with van der Waals surface area (Å²) in [4.78, 5) is 14.3. The fourth-order valence-corrected chi connectivity index (χ4v) is 4.56. The largest absolute Gasteiger partial charge is 0.341 e. The smallest absolute Gasteiger partial charge is 0.225 e. The van der Waals surface area contributed by atoms with Crippen molar-refractivity contribution in [1.29, 1.82) is 0 Å². The van der Waals surface area contributed by atoms with Crippen molar-refractivity contribution in [3.05, 3.63) is 35.9 Å². The predicted molar refractivity (Wildman–Crippen MR) is 91.3 cm³/mol. The van der Waals surface area contributed by atoms with Crippen molar-refractivity contribution in [2.75, 3.05) is 25.9 Å². The number of carbonyl (C=O) groups is 1. The molecule has 0 radical (unpaired) electrons. The highest BCUT2D eigenvalue weighted by Gasteiger charge is 2.31. The Morgan fingerprint density at radius 3 is 2.39 bits per heavy atom. The van der Waals surface area contributed by atoms with E-state index in [9.17, 15) is 13.2 Å². The van der Waals surface area contributed by atoms with Crippen molar-refractivity contribution in [3.8, 4) is 0 Å². The Kier molecular flexibility index (Phi) is 6.18. The normalized spacial score (nSPS) is 17.1. The van der Waals surface area contributed by atoms with E-state index in [0.717, 1.165) is 5.56 Å². The molecule has 0 spiro atoms. The van der Waals surface area contributed by atoms with E-state index in [4.69, 9.17) is 0 Å². The molecule has 1 amide bonds. The number of carbonyl (C=O) groups excluding carboxylic acids is 1. The molecule has 1 aromatic carbocycles. The molecule has 1 heterocycles. The molecule has 1 aromatic rings. The Morgan fingerprint density at radius 2 is 1.83 bits per heavy atom. The highest BCUT2D eigenvalue weighted by molar-refractivity contribution is 7.89. The predicted octanol–water partition coefficient (Wildman–Crippen LogP) is 2.10. The monoisotopic (exact) mass is 338 g/mol. The van der Waals surface area contributed by atoms with E-state index in [-0.39, 0.29) is 17.6 Å². The highest BCUT2D eigenvalue weighted by atomic mass is 32.2. The fourth-order valence-electron chi connectivity index (χ4n) is 3.01. The quantitative estimate of drug-likeness (QED) is 0.798. The van der Waals surface area contributed by atoms with Gasteiger partial charge in [0.15, 0.2) is 0 Å². The minimum absolute atomic E-state index is 0.0724. The van der Waals surface area contributed by atoms with Crippen LogP contribution in [0.1, 0.15) is 31.7 Å². The molecule has 1 saturated heterocycles. The first-order valence-corrected chi connectivity index (χ1v) is 9.81. The van der Waals surface area contributed by atoms with Gasteiger partial charge in [-0.25, -0.2) is 12.7 Å². The van der Waals surface area contributed by atoms with Gasteiger partial charge in [-0.2, -0.15) is 0 Å². The summed E-state index contributed by atoms with van der Waals surface area (Å²) in [5, 5.41) is 0. The van der Waals surface area contributed by atoms with E-state index in [2.05, 4.69) is 0 Å². The number of hydrogen-bond donors (Lipinski definition) is 0. The number of nitrogens with zero attached hydrogens (tertiary/aromatic N) is 2. The topological polar surface area (TPSA) is 57.7 Å². The summed E-state index contributed by atoms with van der Waals surface area (Å²) < 4.78 is 25.7. The van der Waals surface area contributed by atoms with Crippen LogP contribution in [0.3, 0.4) is 0 Å². The first kappa shape index (κ1) is 17.9. The number of sulfonamides is 1. The summed E-state index contributed by atoms with van der Waals surface area (Å²) in [6.45, 7) is 3.37. The maximum Gasteiger partial charge on any atom is 0.225 e. The first-order valence-electron chi connectivity index (χ1n) is 8.20. The molecule has 0 aromatic heterocycles. The standard InChI is InChI=1S/C17H26N2O3S/c1-3-13-23(21,22)19-11-9-16(10-12-19)17(20)18(2)14-15-7-5-4-6-8-15/h4-8,16H,3,9-14H2,1-2H3. The molecule has 6 heteroatoms. The van der Waals surface area contributed by atoms with Gasteiger partial charge >= 0.3 is 0 Å². The molecular formula is C17H26N2O3S. The molecule has 1 fully saturated rings. The number of hydrogen-bond acceptors (Lipinski definition) is 3. The van der Waals surface area contributed by atoms with E-state index in [1.807, 2.05) is 44.3 Å². The van der Waals surface area contributed by atoms with Gasteiger partial charge in [0, 0.05) is 32.6 Å². The van der Waals surface area contributed by atoms with E-state index in [0.29, 0.717) is 38.9 Å². The average Bonchev–Trinajstić information content (AvgIpc) is 2.55. The minimum atomic E-state index is -3.14. The Hall–Kier alpha value is -1.40. The van der Waals surface area contributed by atoms with Gasteiger partial charge in [0.2, 0.25) is 15.9 Å². The van der Waals surface area contributed by atoms with Crippen molar-refractivity contribution in [3.63, 3.8) is 0 Å². The van der Waals surface area contributed by atoms with Crippen molar-refractivity contribution >= 4 is 15.9 Å². The first-order chi connectivity index (χ1) is 10.9. The van der Waals surface area contributed by atoms with Gasteiger partial charge < -0.3 is 4.90 Å². The Balaban J connectivity index is 1.88. The Labute approximate surface area is 139 Å². The third-order valence-corrected chi connectivity index (χ3v) is 6.37. The number of piperidine rings is 1. The van der Waals surface area contributed by atoms with Crippen LogP contribution in [0.4, 0.5) is 0 Å². The second-order valence-electron chi connectivity index (χ2n) is 6.17. The van der Waals surface area contributed by atoms with E-state index < -0.39 is 10.0 Å². The van der Waals surface area contributed by atoms with Gasteiger partial charge in [0.1, 0.15) is 0 Å². The molecule has 0 atom stereocenters. The zero-order chi connectivity index (χ0) is 16.9. The van der Waals surface area contributed by atoms with Gasteiger partial charge in [0.25, 0.3) is 0 Å².